The maximum absolute atomic E-state index is 4.32. The Morgan fingerprint density at radius 3 is 2.90 bits per heavy atom. The van der Waals surface area contributed by atoms with E-state index in [1.54, 1.807) is 4.68 Å². The molecule has 0 aliphatic rings. The summed E-state index contributed by atoms with van der Waals surface area (Å²) in [6, 6.07) is 0. The van der Waals surface area contributed by atoms with Gasteiger partial charge in [0.15, 0.2) is 0 Å². The third kappa shape index (κ3) is 1.50. The van der Waals surface area contributed by atoms with Gasteiger partial charge in [0.25, 0.3) is 0 Å². The first-order valence-electron chi connectivity index (χ1n) is 3.28. The lowest BCUT2D eigenvalue weighted by Crippen LogP contribution is -1.87. The van der Waals surface area contributed by atoms with Crippen LogP contribution in [0.5, 0.6) is 0 Å². The molecule has 0 saturated carbocycles. The number of thiol groups is 1. The first-order chi connectivity index (χ1) is 4.74. The van der Waals surface area contributed by atoms with E-state index in [1.807, 2.05) is 13.2 Å². The van der Waals surface area contributed by atoms with Crippen LogP contribution in [0.15, 0.2) is 6.20 Å². The first kappa shape index (κ1) is 7.60. The third-order valence-corrected chi connectivity index (χ3v) is 1.98. The minimum absolute atomic E-state index is 0.230. The van der Waals surface area contributed by atoms with Gasteiger partial charge in [-0.3, -0.25) is 4.68 Å². The van der Waals surface area contributed by atoms with Crippen molar-refractivity contribution in [1.82, 2.24) is 15.0 Å². The van der Waals surface area contributed by atoms with Gasteiger partial charge in [-0.15, -0.1) is 5.10 Å². The lowest BCUT2D eigenvalue weighted by Gasteiger charge is -1.99. The van der Waals surface area contributed by atoms with E-state index in [-0.39, 0.29) is 5.25 Å². The van der Waals surface area contributed by atoms with Crippen LogP contribution in [-0.4, -0.2) is 15.0 Å². The molecule has 1 aromatic heterocycles. The Bertz CT molecular complexity index is 209. The topological polar surface area (TPSA) is 30.7 Å². The molecule has 1 aromatic rings. The minimum Gasteiger partial charge on any atom is -0.255 e. The fourth-order valence-electron chi connectivity index (χ4n) is 0.727. The fraction of sp³-hybridized carbons (Fsp3) is 0.667. The van der Waals surface area contributed by atoms with Crippen molar-refractivity contribution in [3.63, 3.8) is 0 Å². The molecule has 0 amide bonds. The molecule has 1 unspecified atom stereocenters. The predicted molar refractivity (Wildman–Crippen MR) is 43.0 cm³/mol. The molecule has 0 aliphatic heterocycles. The molecule has 0 N–H and O–H groups in total. The van der Waals surface area contributed by atoms with Crippen molar-refractivity contribution in [2.45, 2.75) is 18.6 Å². The molecule has 1 atom stereocenters. The number of hydrogen-bond acceptors (Lipinski definition) is 3. The molecular weight excluding hydrogens is 146 g/mol. The largest absolute Gasteiger partial charge is 0.255 e. The summed E-state index contributed by atoms with van der Waals surface area (Å²) in [5.74, 6) is 0. The Balaban J connectivity index is 2.74. The Morgan fingerprint density at radius 2 is 2.50 bits per heavy atom. The van der Waals surface area contributed by atoms with Crippen molar-refractivity contribution >= 4 is 12.6 Å². The van der Waals surface area contributed by atoms with E-state index < -0.39 is 0 Å². The van der Waals surface area contributed by atoms with Crippen LogP contribution < -0.4 is 0 Å². The van der Waals surface area contributed by atoms with Crippen molar-refractivity contribution in [3.05, 3.63) is 11.9 Å². The van der Waals surface area contributed by atoms with Crippen LogP contribution in [0.2, 0.25) is 0 Å². The summed E-state index contributed by atoms with van der Waals surface area (Å²) in [5.41, 5.74) is 0.952. The van der Waals surface area contributed by atoms with Gasteiger partial charge in [-0.2, -0.15) is 12.6 Å². The zero-order valence-corrected chi connectivity index (χ0v) is 7.05. The van der Waals surface area contributed by atoms with Crippen molar-refractivity contribution < 1.29 is 0 Å². The van der Waals surface area contributed by atoms with Gasteiger partial charge in [0.1, 0.15) is 0 Å². The number of nitrogens with zero attached hydrogens (tertiary/aromatic N) is 3. The summed E-state index contributed by atoms with van der Waals surface area (Å²) in [7, 11) is 1.85. The van der Waals surface area contributed by atoms with Gasteiger partial charge in [0.2, 0.25) is 0 Å². The van der Waals surface area contributed by atoms with Gasteiger partial charge in [-0.05, 0) is 6.42 Å². The Hall–Kier alpha value is -0.510. The number of hydrogen-bond donors (Lipinski definition) is 1. The zero-order valence-electron chi connectivity index (χ0n) is 6.15. The monoisotopic (exact) mass is 157 g/mol. The highest BCUT2D eigenvalue weighted by molar-refractivity contribution is 7.80. The summed E-state index contributed by atoms with van der Waals surface area (Å²) in [6.45, 7) is 2.08. The van der Waals surface area contributed by atoms with Crippen LogP contribution in [0.25, 0.3) is 0 Å². The van der Waals surface area contributed by atoms with Crippen LogP contribution in [0.3, 0.4) is 0 Å². The number of aromatic nitrogens is 3. The highest BCUT2D eigenvalue weighted by Crippen LogP contribution is 2.19. The van der Waals surface area contributed by atoms with E-state index in [1.165, 1.54) is 0 Å². The number of aryl methyl sites for hydroxylation is 1. The zero-order chi connectivity index (χ0) is 7.56. The van der Waals surface area contributed by atoms with E-state index >= 15 is 0 Å². The summed E-state index contributed by atoms with van der Waals surface area (Å²) >= 11 is 4.32. The predicted octanol–water partition coefficient (Wildman–Crippen LogP) is 1.20. The molecule has 1 rings (SSSR count). The van der Waals surface area contributed by atoms with Gasteiger partial charge in [0, 0.05) is 18.5 Å². The second-order valence-corrected chi connectivity index (χ2v) is 2.86. The van der Waals surface area contributed by atoms with Gasteiger partial charge in [-0.1, -0.05) is 12.1 Å². The first-order valence-corrected chi connectivity index (χ1v) is 3.80. The lowest BCUT2D eigenvalue weighted by atomic mass is 10.3. The smallest absolute Gasteiger partial charge is 0.0953 e. The molecule has 1 heterocycles. The molecule has 56 valence electrons. The van der Waals surface area contributed by atoms with Crippen LogP contribution in [0, 0.1) is 0 Å². The lowest BCUT2D eigenvalue weighted by molar-refractivity contribution is 0.712. The van der Waals surface area contributed by atoms with E-state index in [0.717, 1.165) is 12.1 Å². The molecule has 4 heteroatoms. The maximum atomic E-state index is 4.32. The van der Waals surface area contributed by atoms with Crippen LogP contribution in [0.1, 0.15) is 24.3 Å². The van der Waals surface area contributed by atoms with Gasteiger partial charge >= 0.3 is 0 Å². The van der Waals surface area contributed by atoms with Crippen LogP contribution >= 0.6 is 12.6 Å². The summed E-state index contributed by atoms with van der Waals surface area (Å²) in [5, 5.41) is 7.96. The molecule has 3 nitrogen and oxygen atoms in total. The Morgan fingerprint density at radius 1 is 1.80 bits per heavy atom. The molecule has 0 saturated heterocycles. The molecule has 0 aromatic carbocycles. The number of rotatable bonds is 2. The van der Waals surface area contributed by atoms with Crippen molar-refractivity contribution in [2.75, 3.05) is 0 Å². The second kappa shape index (κ2) is 3.05. The molecule has 0 bridgehead atoms. The maximum Gasteiger partial charge on any atom is 0.0953 e. The molecule has 0 radical (unpaired) electrons. The molecule has 10 heavy (non-hydrogen) atoms. The minimum atomic E-state index is 0.230. The van der Waals surface area contributed by atoms with Gasteiger partial charge in [0.05, 0.1) is 5.69 Å². The normalized spacial score (nSPS) is 13.5. The summed E-state index contributed by atoms with van der Waals surface area (Å²) < 4.78 is 1.69. The van der Waals surface area contributed by atoms with Crippen molar-refractivity contribution in [3.8, 4) is 0 Å². The highest BCUT2D eigenvalue weighted by Gasteiger charge is 2.06. The SMILES string of the molecule is CCC(S)c1cn(C)nn1. The van der Waals surface area contributed by atoms with Crippen LogP contribution in [-0.2, 0) is 7.05 Å². The van der Waals surface area contributed by atoms with Crippen molar-refractivity contribution in [2.24, 2.45) is 7.05 Å². The van der Waals surface area contributed by atoms with E-state index in [4.69, 9.17) is 0 Å². The second-order valence-electron chi connectivity index (χ2n) is 2.24. The van der Waals surface area contributed by atoms with Crippen molar-refractivity contribution in [1.29, 1.82) is 0 Å². The average Bonchev–Trinajstić information content (AvgIpc) is 2.34. The highest BCUT2D eigenvalue weighted by atomic mass is 32.1. The summed E-state index contributed by atoms with van der Waals surface area (Å²) in [4.78, 5) is 0. The molecular formula is C6H11N3S. The quantitative estimate of drug-likeness (QED) is 0.654. The van der Waals surface area contributed by atoms with E-state index in [0.29, 0.717) is 0 Å². The Kier molecular flexibility index (Phi) is 2.32. The van der Waals surface area contributed by atoms with E-state index in [2.05, 4.69) is 29.9 Å². The molecule has 0 spiro atoms. The summed E-state index contributed by atoms with van der Waals surface area (Å²) in [6.07, 6.45) is 2.88. The fourth-order valence-corrected chi connectivity index (χ4v) is 0.845. The van der Waals surface area contributed by atoms with Crippen LogP contribution in [0.4, 0.5) is 0 Å². The third-order valence-electron chi connectivity index (χ3n) is 1.35. The molecule has 0 aliphatic carbocycles. The Labute approximate surface area is 65.8 Å². The van der Waals surface area contributed by atoms with Gasteiger partial charge < -0.3 is 0 Å². The standard InChI is InChI=1S/C6H11N3S/c1-3-6(10)5-4-9(2)8-7-5/h4,6,10H,3H2,1-2H3. The average molecular weight is 157 g/mol. The molecule has 0 fully saturated rings. The van der Waals surface area contributed by atoms with Gasteiger partial charge in [-0.25, -0.2) is 0 Å². The van der Waals surface area contributed by atoms with E-state index in [9.17, 15) is 0 Å².